The summed E-state index contributed by atoms with van der Waals surface area (Å²) in [6.45, 7) is 4.56. The average molecular weight is 292 g/mol. The summed E-state index contributed by atoms with van der Waals surface area (Å²) in [6, 6.07) is 0. The molecule has 0 heterocycles. The molecule has 0 radical (unpaired) electrons. The quantitative estimate of drug-likeness (QED) is 0.781. The first-order valence-electron chi connectivity index (χ1n) is 6.11. The van der Waals surface area contributed by atoms with E-state index >= 15 is 0 Å². The van der Waals surface area contributed by atoms with Crippen LogP contribution in [0.1, 0.15) is 46.0 Å². The zero-order valence-corrected chi connectivity index (χ0v) is 11.7. The first-order chi connectivity index (χ1) is 7.47. The van der Waals surface area contributed by atoms with E-state index in [-0.39, 0.29) is 10.7 Å². The number of hydrogen-bond acceptors (Lipinski definition) is 2. The lowest BCUT2D eigenvalue weighted by Crippen LogP contribution is -2.46. The van der Waals surface area contributed by atoms with Crippen molar-refractivity contribution in [2.24, 2.45) is 5.92 Å². The number of amides is 1. The van der Waals surface area contributed by atoms with Gasteiger partial charge in [-0.15, -0.1) is 0 Å². The Hall–Kier alpha value is -0.0900. The predicted molar refractivity (Wildman–Crippen MR) is 68.6 cm³/mol. The van der Waals surface area contributed by atoms with Gasteiger partial charge in [0, 0.05) is 6.54 Å². The largest absolute Gasteiger partial charge is 0.388 e. The van der Waals surface area contributed by atoms with Crippen molar-refractivity contribution in [2.45, 2.75) is 56.4 Å². The molecular formula is C12H22BrNO2. The van der Waals surface area contributed by atoms with Gasteiger partial charge in [-0.1, -0.05) is 29.8 Å². The molecule has 0 aliphatic heterocycles. The molecule has 1 unspecified atom stereocenters. The van der Waals surface area contributed by atoms with E-state index in [1.807, 2.05) is 6.92 Å². The highest BCUT2D eigenvalue weighted by Gasteiger charge is 2.32. The fourth-order valence-electron chi connectivity index (χ4n) is 2.02. The summed E-state index contributed by atoms with van der Waals surface area (Å²) in [5.74, 6) is 0.685. The Kier molecular flexibility index (Phi) is 5.25. The number of halogens is 1. The van der Waals surface area contributed by atoms with Crippen molar-refractivity contribution in [1.82, 2.24) is 5.32 Å². The molecule has 1 atom stereocenters. The van der Waals surface area contributed by atoms with E-state index in [1.165, 1.54) is 0 Å². The van der Waals surface area contributed by atoms with Crippen LogP contribution in [0, 0.1) is 5.92 Å². The van der Waals surface area contributed by atoms with Gasteiger partial charge in [0.05, 0.1) is 10.4 Å². The average Bonchev–Trinajstić information content (AvgIpc) is 2.29. The Morgan fingerprint density at radius 3 is 2.62 bits per heavy atom. The van der Waals surface area contributed by atoms with Crippen molar-refractivity contribution in [3.05, 3.63) is 0 Å². The molecule has 1 aliphatic carbocycles. The van der Waals surface area contributed by atoms with Gasteiger partial charge in [0.2, 0.25) is 5.91 Å². The number of aliphatic hydroxyl groups is 1. The second-order valence-corrected chi connectivity index (χ2v) is 6.11. The van der Waals surface area contributed by atoms with Crippen LogP contribution in [0.5, 0.6) is 0 Å². The first-order valence-corrected chi connectivity index (χ1v) is 7.02. The van der Waals surface area contributed by atoms with Crippen LogP contribution >= 0.6 is 15.9 Å². The fraction of sp³-hybridized carbons (Fsp3) is 0.917. The SMILES string of the molecule is CCC(Br)C(=O)NCC1(O)CCC(C)CC1. The van der Waals surface area contributed by atoms with Gasteiger partial charge >= 0.3 is 0 Å². The summed E-state index contributed by atoms with van der Waals surface area (Å²) < 4.78 is 0. The molecule has 1 amide bonds. The maximum Gasteiger partial charge on any atom is 0.233 e. The Labute approximate surface area is 106 Å². The maximum atomic E-state index is 11.6. The minimum atomic E-state index is -0.678. The highest BCUT2D eigenvalue weighted by atomic mass is 79.9. The lowest BCUT2D eigenvalue weighted by molar-refractivity contribution is -0.122. The predicted octanol–water partition coefficient (Wildman–Crippen LogP) is 2.22. The molecule has 4 heteroatoms. The normalized spacial score (nSPS) is 32.1. The van der Waals surface area contributed by atoms with Crippen molar-refractivity contribution in [1.29, 1.82) is 0 Å². The summed E-state index contributed by atoms with van der Waals surface area (Å²) in [6.07, 6.45) is 4.47. The Morgan fingerprint density at radius 1 is 1.56 bits per heavy atom. The molecule has 94 valence electrons. The molecule has 1 rings (SSSR count). The molecule has 3 nitrogen and oxygen atoms in total. The van der Waals surface area contributed by atoms with Crippen LogP contribution < -0.4 is 5.32 Å². The van der Waals surface area contributed by atoms with Crippen LogP contribution in [0.15, 0.2) is 0 Å². The minimum absolute atomic E-state index is 0.0189. The third-order valence-electron chi connectivity index (χ3n) is 3.44. The molecule has 0 saturated heterocycles. The smallest absolute Gasteiger partial charge is 0.233 e. The van der Waals surface area contributed by atoms with Crippen LogP contribution in [0.2, 0.25) is 0 Å². The van der Waals surface area contributed by atoms with Crippen LogP contribution in [-0.4, -0.2) is 28.0 Å². The van der Waals surface area contributed by atoms with Crippen LogP contribution in [0.4, 0.5) is 0 Å². The summed E-state index contributed by atoms with van der Waals surface area (Å²) in [4.78, 5) is 11.4. The zero-order valence-electron chi connectivity index (χ0n) is 10.1. The summed E-state index contributed by atoms with van der Waals surface area (Å²) in [5.41, 5.74) is -0.678. The number of hydrogen-bond donors (Lipinski definition) is 2. The molecule has 2 N–H and O–H groups in total. The Bertz CT molecular complexity index is 237. The van der Waals surface area contributed by atoms with Gasteiger partial charge in [-0.3, -0.25) is 4.79 Å². The van der Waals surface area contributed by atoms with Crippen LogP contribution in [-0.2, 0) is 4.79 Å². The van der Waals surface area contributed by atoms with Gasteiger partial charge in [-0.05, 0) is 38.0 Å². The molecule has 0 aromatic rings. The molecule has 1 aliphatic rings. The highest BCUT2D eigenvalue weighted by Crippen LogP contribution is 2.31. The van der Waals surface area contributed by atoms with Crippen molar-refractivity contribution < 1.29 is 9.90 Å². The maximum absolute atomic E-state index is 11.6. The fourth-order valence-corrected chi connectivity index (χ4v) is 2.19. The summed E-state index contributed by atoms with van der Waals surface area (Å²) in [5, 5.41) is 13.1. The molecule has 16 heavy (non-hydrogen) atoms. The van der Waals surface area contributed by atoms with Gasteiger partial charge in [0.25, 0.3) is 0 Å². The molecule has 0 bridgehead atoms. The highest BCUT2D eigenvalue weighted by molar-refractivity contribution is 9.10. The number of nitrogens with one attached hydrogen (secondary N) is 1. The lowest BCUT2D eigenvalue weighted by Gasteiger charge is -2.35. The van der Waals surface area contributed by atoms with Crippen LogP contribution in [0.3, 0.4) is 0 Å². The second kappa shape index (κ2) is 6.01. The zero-order chi connectivity index (χ0) is 12.2. The number of alkyl halides is 1. The van der Waals surface area contributed by atoms with Crippen molar-refractivity contribution in [2.75, 3.05) is 6.54 Å². The number of carbonyl (C=O) groups is 1. The summed E-state index contributed by atoms with van der Waals surface area (Å²) in [7, 11) is 0. The molecular weight excluding hydrogens is 270 g/mol. The topological polar surface area (TPSA) is 49.3 Å². The van der Waals surface area contributed by atoms with Crippen molar-refractivity contribution >= 4 is 21.8 Å². The second-order valence-electron chi connectivity index (χ2n) is 5.00. The molecule has 1 fully saturated rings. The molecule has 0 aromatic heterocycles. The van der Waals surface area contributed by atoms with Crippen molar-refractivity contribution in [3.63, 3.8) is 0 Å². The Morgan fingerprint density at radius 2 is 2.12 bits per heavy atom. The molecule has 1 saturated carbocycles. The molecule has 0 spiro atoms. The van der Waals surface area contributed by atoms with E-state index in [0.29, 0.717) is 12.5 Å². The monoisotopic (exact) mass is 291 g/mol. The number of carbonyl (C=O) groups excluding carboxylic acids is 1. The summed E-state index contributed by atoms with van der Waals surface area (Å²) >= 11 is 3.30. The number of rotatable bonds is 4. The van der Waals surface area contributed by atoms with Gasteiger partial charge in [-0.2, -0.15) is 0 Å². The van der Waals surface area contributed by atoms with E-state index in [2.05, 4.69) is 28.2 Å². The first kappa shape index (κ1) is 14.0. The van der Waals surface area contributed by atoms with Gasteiger partial charge in [0.15, 0.2) is 0 Å². The van der Waals surface area contributed by atoms with Crippen LogP contribution in [0.25, 0.3) is 0 Å². The third kappa shape index (κ3) is 4.06. The van der Waals surface area contributed by atoms with E-state index in [9.17, 15) is 9.90 Å². The van der Waals surface area contributed by atoms with E-state index in [0.717, 1.165) is 32.1 Å². The minimum Gasteiger partial charge on any atom is -0.388 e. The van der Waals surface area contributed by atoms with Gasteiger partial charge < -0.3 is 10.4 Å². The third-order valence-corrected chi connectivity index (χ3v) is 4.50. The van der Waals surface area contributed by atoms with E-state index in [4.69, 9.17) is 0 Å². The Balaban J connectivity index is 2.34. The van der Waals surface area contributed by atoms with Gasteiger partial charge in [0.1, 0.15) is 0 Å². The van der Waals surface area contributed by atoms with E-state index in [1.54, 1.807) is 0 Å². The van der Waals surface area contributed by atoms with E-state index < -0.39 is 5.60 Å². The lowest BCUT2D eigenvalue weighted by atomic mass is 9.79. The molecule has 0 aromatic carbocycles. The van der Waals surface area contributed by atoms with Gasteiger partial charge in [-0.25, -0.2) is 0 Å². The standard InChI is InChI=1S/C12H22BrNO2/c1-3-10(13)11(15)14-8-12(16)6-4-9(2)5-7-12/h9-10,16H,3-8H2,1-2H3,(H,14,15). The van der Waals surface area contributed by atoms with Crippen molar-refractivity contribution in [3.8, 4) is 0 Å².